The fraction of sp³-hybridized carbons (Fsp3) is 0.0411. The predicted molar refractivity (Wildman–Crippen MR) is 326 cm³/mol. The fourth-order valence-electron chi connectivity index (χ4n) is 12.0. The zero-order chi connectivity index (χ0) is 52.0. The highest BCUT2D eigenvalue weighted by Crippen LogP contribution is 2.41. The predicted octanol–water partition coefficient (Wildman–Crippen LogP) is 19.0. The number of aromatic nitrogens is 5. The van der Waals surface area contributed by atoms with Crippen molar-refractivity contribution in [1.82, 2.24) is 23.7 Å². The first-order valence-electron chi connectivity index (χ1n) is 26.8. The van der Waals surface area contributed by atoms with Crippen LogP contribution in [0.25, 0.3) is 139 Å². The summed E-state index contributed by atoms with van der Waals surface area (Å²) in [6.45, 7) is 6.46. The number of benzene rings is 11. The first-order chi connectivity index (χ1) is 38.4. The van der Waals surface area contributed by atoms with E-state index in [1.807, 2.05) is 0 Å². The molecule has 4 heterocycles. The highest BCUT2D eigenvalue weighted by atomic mass is 15.0. The number of aryl methyl sites for hydroxylation is 3. The third kappa shape index (κ3) is 7.46. The average Bonchev–Trinajstić information content (AvgIpc) is 4.30. The van der Waals surface area contributed by atoms with Gasteiger partial charge in [-0.3, -0.25) is 0 Å². The molecule has 0 saturated heterocycles. The van der Waals surface area contributed by atoms with E-state index in [-0.39, 0.29) is 0 Å². The Morgan fingerprint density at radius 2 is 0.603 bits per heavy atom. The second kappa shape index (κ2) is 18.0. The number of hydrogen-bond acceptors (Lipinski definition) is 2. The summed E-state index contributed by atoms with van der Waals surface area (Å²) in [5.74, 6) is 0.719. The van der Waals surface area contributed by atoms with Crippen LogP contribution in [0.1, 0.15) is 16.7 Å². The molecule has 368 valence electrons. The normalized spacial score (nSPS) is 11.8. The van der Waals surface area contributed by atoms with Crippen molar-refractivity contribution in [3.63, 3.8) is 0 Å². The van der Waals surface area contributed by atoms with Crippen LogP contribution in [0.5, 0.6) is 0 Å². The average molecular weight is 998 g/mol. The quantitative estimate of drug-likeness (QED) is 0.152. The molecule has 4 aromatic heterocycles. The summed E-state index contributed by atoms with van der Waals surface area (Å²) < 4.78 is 7.32. The summed E-state index contributed by atoms with van der Waals surface area (Å²) >= 11 is 0. The summed E-state index contributed by atoms with van der Waals surface area (Å²) in [5.41, 5.74) is 23.8. The molecule has 5 heteroatoms. The molecule has 0 aliphatic rings. The van der Waals surface area contributed by atoms with E-state index in [0.717, 1.165) is 62.1 Å². The van der Waals surface area contributed by atoms with Crippen molar-refractivity contribution in [1.29, 1.82) is 0 Å². The van der Waals surface area contributed by atoms with Crippen molar-refractivity contribution >= 4 is 65.4 Å². The Labute approximate surface area is 452 Å². The molecule has 0 aliphatic heterocycles. The molecular formula is C73H51N5. The van der Waals surface area contributed by atoms with E-state index in [1.165, 1.54) is 93.2 Å². The third-order valence-corrected chi connectivity index (χ3v) is 16.0. The topological polar surface area (TPSA) is 40.6 Å². The second-order valence-corrected chi connectivity index (χ2v) is 20.8. The third-order valence-electron chi connectivity index (χ3n) is 16.0. The van der Waals surface area contributed by atoms with Gasteiger partial charge in [0.15, 0.2) is 5.82 Å². The number of para-hydroxylation sites is 4. The molecular weight excluding hydrogens is 947 g/mol. The van der Waals surface area contributed by atoms with Gasteiger partial charge in [0.2, 0.25) is 0 Å². The van der Waals surface area contributed by atoms with E-state index < -0.39 is 0 Å². The zero-order valence-corrected chi connectivity index (χ0v) is 43.5. The molecule has 78 heavy (non-hydrogen) atoms. The molecule has 15 rings (SSSR count). The molecule has 0 unspecified atom stereocenters. The maximum Gasteiger partial charge on any atom is 0.160 e. The molecule has 5 nitrogen and oxygen atoms in total. The molecule has 0 atom stereocenters. The molecule has 0 bridgehead atoms. The van der Waals surface area contributed by atoms with Gasteiger partial charge in [-0.25, -0.2) is 9.97 Å². The number of hydrogen-bond donors (Lipinski definition) is 0. The van der Waals surface area contributed by atoms with Gasteiger partial charge >= 0.3 is 0 Å². The fourth-order valence-corrected chi connectivity index (χ4v) is 12.0. The first kappa shape index (κ1) is 45.3. The molecule has 0 spiro atoms. The monoisotopic (exact) mass is 997 g/mol. The number of rotatable bonds is 8. The van der Waals surface area contributed by atoms with Gasteiger partial charge in [-0.15, -0.1) is 0 Å². The Hall–Kier alpha value is -10.1. The summed E-state index contributed by atoms with van der Waals surface area (Å²) in [7, 11) is 0. The molecule has 0 saturated carbocycles. The lowest BCUT2D eigenvalue weighted by molar-refractivity contribution is 1.14. The lowest BCUT2D eigenvalue weighted by atomic mass is 9.97. The van der Waals surface area contributed by atoms with Crippen molar-refractivity contribution in [2.24, 2.45) is 0 Å². The summed E-state index contributed by atoms with van der Waals surface area (Å²) in [5, 5.41) is 7.42. The van der Waals surface area contributed by atoms with Crippen LogP contribution in [0, 0.1) is 20.8 Å². The van der Waals surface area contributed by atoms with Gasteiger partial charge in [0, 0.05) is 66.1 Å². The minimum atomic E-state index is 0.719. The number of fused-ring (bicyclic) bond motifs is 9. The Bertz CT molecular complexity index is 4500. The van der Waals surface area contributed by atoms with Crippen LogP contribution in [0.4, 0.5) is 0 Å². The summed E-state index contributed by atoms with van der Waals surface area (Å²) in [6, 6.07) is 92.8. The lowest BCUT2D eigenvalue weighted by Crippen LogP contribution is -1.98. The van der Waals surface area contributed by atoms with E-state index in [2.05, 4.69) is 289 Å². The van der Waals surface area contributed by atoms with Gasteiger partial charge in [0.05, 0.1) is 44.5 Å². The largest absolute Gasteiger partial charge is 0.309 e. The Morgan fingerprint density at radius 1 is 0.256 bits per heavy atom. The lowest BCUT2D eigenvalue weighted by Gasteiger charge is -2.14. The van der Waals surface area contributed by atoms with Gasteiger partial charge in [0.25, 0.3) is 0 Å². The molecule has 0 aliphatic carbocycles. The van der Waals surface area contributed by atoms with Crippen LogP contribution in [-0.4, -0.2) is 23.7 Å². The van der Waals surface area contributed by atoms with Crippen LogP contribution < -0.4 is 0 Å². The van der Waals surface area contributed by atoms with Crippen molar-refractivity contribution in [2.45, 2.75) is 20.8 Å². The van der Waals surface area contributed by atoms with E-state index in [9.17, 15) is 0 Å². The highest BCUT2D eigenvalue weighted by Gasteiger charge is 2.20. The first-order valence-corrected chi connectivity index (χ1v) is 26.8. The minimum Gasteiger partial charge on any atom is -0.309 e. The van der Waals surface area contributed by atoms with Gasteiger partial charge in [-0.05, 0) is 127 Å². The maximum absolute atomic E-state index is 5.10. The molecule has 15 aromatic rings. The standard InChI is InChI=1S/C73H51N5/c1-46-20-24-52(25-21-46)64-45-65(75-73(74-64)54-26-22-47(2)23-27-54)53-34-32-50(33-35-53)49-28-30-51(31-29-49)55-36-39-66(48(3)42-55)78-71-40-37-56(76-67-16-8-4-12-58(67)59-13-5-9-17-68(59)76)43-62(71)63-44-57(38-41-72(63)78)77-69-18-10-6-14-60(69)61-15-7-11-19-70(61)77/h4-45H,1-3H3. The zero-order valence-electron chi connectivity index (χ0n) is 43.5. The smallest absolute Gasteiger partial charge is 0.160 e. The summed E-state index contributed by atoms with van der Waals surface area (Å²) in [4.78, 5) is 10.1. The van der Waals surface area contributed by atoms with Crippen molar-refractivity contribution in [3.05, 3.63) is 271 Å². The molecule has 11 aromatic carbocycles. The van der Waals surface area contributed by atoms with E-state index in [4.69, 9.17) is 9.97 Å². The van der Waals surface area contributed by atoms with Crippen molar-refractivity contribution < 1.29 is 0 Å². The molecule has 0 N–H and O–H groups in total. The molecule has 0 amide bonds. The van der Waals surface area contributed by atoms with Gasteiger partial charge in [-0.2, -0.15) is 0 Å². The van der Waals surface area contributed by atoms with E-state index in [0.29, 0.717) is 0 Å². The minimum absolute atomic E-state index is 0.719. The van der Waals surface area contributed by atoms with Gasteiger partial charge in [0.1, 0.15) is 0 Å². The van der Waals surface area contributed by atoms with Crippen molar-refractivity contribution in [2.75, 3.05) is 0 Å². The van der Waals surface area contributed by atoms with Gasteiger partial charge in [-0.1, -0.05) is 187 Å². The van der Waals surface area contributed by atoms with Crippen LogP contribution in [0.15, 0.2) is 255 Å². The maximum atomic E-state index is 5.10. The molecule has 0 radical (unpaired) electrons. The van der Waals surface area contributed by atoms with Crippen LogP contribution in [0.2, 0.25) is 0 Å². The van der Waals surface area contributed by atoms with E-state index in [1.54, 1.807) is 0 Å². The van der Waals surface area contributed by atoms with Gasteiger partial charge < -0.3 is 13.7 Å². The Balaban J connectivity index is 0.795. The SMILES string of the molecule is Cc1ccc(-c2cc(-c3ccc(-c4ccc(-c5ccc(-n6c7ccc(-n8c9ccccc9c9ccccc98)cc7c7cc(-n8c9ccccc9c9ccccc98)ccc76)c(C)c5)cc4)cc3)nc(-c3ccc(C)cc3)n2)cc1. The Kier molecular flexibility index (Phi) is 10.5. The Morgan fingerprint density at radius 3 is 1.03 bits per heavy atom. The summed E-state index contributed by atoms with van der Waals surface area (Å²) in [6.07, 6.45) is 0. The second-order valence-electron chi connectivity index (χ2n) is 20.8. The van der Waals surface area contributed by atoms with Crippen LogP contribution >= 0.6 is 0 Å². The molecule has 0 fully saturated rings. The van der Waals surface area contributed by atoms with Crippen molar-refractivity contribution in [3.8, 4) is 73.2 Å². The van der Waals surface area contributed by atoms with E-state index >= 15 is 0 Å². The highest BCUT2D eigenvalue weighted by molar-refractivity contribution is 6.14. The van der Waals surface area contributed by atoms with Crippen LogP contribution in [0.3, 0.4) is 0 Å². The van der Waals surface area contributed by atoms with Crippen LogP contribution in [-0.2, 0) is 0 Å². The number of nitrogens with zero attached hydrogens (tertiary/aromatic N) is 5.